The van der Waals surface area contributed by atoms with E-state index < -0.39 is 11.5 Å². The van der Waals surface area contributed by atoms with E-state index >= 15 is 0 Å². The average molecular weight is 382 g/mol. The van der Waals surface area contributed by atoms with Crippen molar-refractivity contribution in [2.45, 2.75) is 25.9 Å². The van der Waals surface area contributed by atoms with Gasteiger partial charge in [-0.1, -0.05) is 31.8 Å². The van der Waals surface area contributed by atoms with Gasteiger partial charge in [0.05, 0.1) is 7.11 Å². The molecule has 5 nitrogen and oxygen atoms in total. The van der Waals surface area contributed by atoms with Crippen LogP contribution in [0.25, 0.3) is 0 Å². The first kappa shape index (κ1) is 20.1. The zero-order valence-corrected chi connectivity index (χ0v) is 16.4. The van der Waals surface area contributed by atoms with E-state index in [4.69, 9.17) is 14.2 Å². The number of methoxy groups -OCH3 is 1. The Kier molecular flexibility index (Phi) is 6.13. The number of hydrogen-bond acceptors (Lipinski definition) is 5. The third kappa shape index (κ3) is 4.24. The van der Waals surface area contributed by atoms with Crippen LogP contribution in [0.3, 0.4) is 0 Å². The van der Waals surface area contributed by atoms with Crippen molar-refractivity contribution in [1.82, 2.24) is 0 Å². The summed E-state index contributed by atoms with van der Waals surface area (Å²) in [5, 5.41) is 21.4. The summed E-state index contributed by atoms with van der Waals surface area (Å²) >= 11 is 0. The van der Waals surface area contributed by atoms with Gasteiger partial charge in [0.1, 0.15) is 11.4 Å². The molecule has 2 aromatic rings. The van der Waals surface area contributed by atoms with Crippen LogP contribution in [0, 0.1) is 23.7 Å². The van der Waals surface area contributed by atoms with Crippen LogP contribution in [0.2, 0.25) is 0 Å². The fourth-order valence-electron chi connectivity index (χ4n) is 3.28. The standard InChI is InChI=1S/C23H26O5/c1-16(2)23(25,11-10-17-4-7-20(26-3)8-5-17)19(14-24)12-18-6-9-21-22(13-18)28-15-27-21/h4-9,13,16,19,24-25H,12,14-15H2,1-3H3/t19-,23-/m0/s1. The minimum absolute atomic E-state index is 0.163. The summed E-state index contributed by atoms with van der Waals surface area (Å²) in [5.41, 5.74) is 0.388. The molecule has 0 saturated heterocycles. The van der Waals surface area contributed by atoms with Crippen LogP contribution < -0.4 is 14.2 Å². The summed E-state index contributed by atoms with van der Waals surface area (Å²) in [6, 6.07) is 13.0. The quantitative estimate of drug-likeness (QED) is 0.752. The summed E-state index contributed by atoms with van der Waals surface area (Å²) < 4.78 is 15.9. The van der Waals surface area contributed by atoms with Gasteiger partial charge in [-0.25, -0.2) is 0 Å². The van der Waals surface area contributed by atoms with Gasteiger partial charge in [0.25, 0.3) is 0 Å². The number of rotatable bonds is 6. The molecule has 2 aromatic carbocycles. The number of aliphatic hydroxyl groups is 2. The van der Waals surface area contributed by atoms with Crippen molar-refractivity contribution in [3.8, 4) is 29.1 Å². The monoisotopic (exact) mass is 382 g/mol. The summed E-state index contributed by atoms with van der Waals surface area (Å²) in [6.07, 6.45) is 0.471. The fraction of sp³-hybridized carbons (Fsp3) is 0.391. The maximum absolute atomic E-state index is 11.4. The van der Waals surface area contributed by atoms with E-state index in [0.717, 1.165) is 16.9 Å². The Morgan fingerprint density at radius 2 is 1.82 bits per heavy atom. The fourth-order valence-corrected chi connectivity index (χ4v) is 3.28. The van der Waals surface area contributed by atoms with Gasteiger partial charge in [0, 0.05) is 18.1 Å². The third-order valence-electron chi connectivity index (χ3n) is 5.14. The van der Waals surface area contributed by atoms with Gasteiger partial charge >= 0.3 is 0 Å². The molecule has 0 radical (unpaired) electrons. The number of aliphatic hydroxyl groups excluding tert-OH is 1. The number of ether oxygens (including phenoxy) is 3. The smallest absolute Gasteiger partial charge is 0.231 e. The van der Waals surface area contributed by atoms with Gasteiger partial charge in [-0.15, -0.1) is 0 Å². The lowest BCUT2D eigenvalue weighted by atomic mass is 9.76. The van der Waals surface area contributed by atoms with Crippen molar-refractivity contribution in [1.29, 1.82) is 0 Å². The van der Waals surface area contributed by atoms with Crippen molar-refractivity contribution in [2.75, 3.05) is 20.5 Å². The predicted octanol–water partition coefficient (Wildman–Crippen LogP) is 3.01. The van der Waals surface area contributed by atoms with Gasteiger partial charge in [-0.3, -0.25) is 0 Å². The van der Waals surface area contributed by atoms with Crippen molar-refractivity contribution in [3.63, 3.8) is 0 Å². The van der Waals surface area contributed by atoms with Gasteiger partial charge in [0.15, 0.2) is 11.5 Å². The van der Waals surface area contributed by atoms with Gasteiger partial charge < -0.3 is 24.4 Å². The molecular weight excluding hydrogens is 356 g/mol. The van der Waals surface area contributed by atoms with E-state index in [1.54, 1.807) is 7.11 Å². The van der Waals surface area contributed by atoms with E-state index in [1.807, 2.05) is 56.3 Å². The van der Waals surface area contributed by atoms with E-state index in [-0.39, 0.29) is 19.3 Å². The average Bonchev–Trinajstić information content (AvgIpc) is 3.18. The minimum atomic E-state index is -1.34. The summed E-state index contributed by atoms with van der Waals surface area (Å²) in [5.74, 6) is 7.61. The Bertz CT molecular complexity index is 863. The van der Waals surface area contributed by atoms with Crippen molar-refractivity contribution in [2.24, 2.45) is 11.8 Å². The molecule has 2 atom stereocenters. The molecule has 0 amide bonds. The first-order valence-corrected chi connectivity index (χ1v) is 9.35. The first-order valence-electron chi connectivity index (χ1n) is 9.35. The second kappa shape index (κ2) is 8.55. The minimum Gasteiger partial charge on any atom is -0.497 e. The van der Waals surface area contributed by atoms with E-state index in [1.165, 1.54) is 0 Å². The Balaban J connectivity index is 1.84. The largest absolute Gasteiger partial charge is 0.497 e. The SMILES string of the molecule is COc1ccc(C#C[C@](O)(C(C)C)[C@H](CO)Cc2ccc3c(c2)OCO3)cc1. The van der Waals surface area contributed by atoms with Crippen LogP contribution in [0.1, 0.15) is 25.0 Å². The molecule has 0 saturated carbocycles. The first-order chi connectivity index (χ1) is 13.5. The Morgan fingerprint density at radius 3 is 2.46 bits per heavy atom. The lowest BCUT2D eigenvalue weighted by molar-refractivity contribution is -0.0263. The Morgan fingerprint density at radius 1 is 1.11 bits per heavy atom. The highest BCUT2D eigenvalue weighted by atomic mass is 16.7. The lowest BCUT2D eigenvalue weighted by Gasteiger charge is -2.34. The highest BCUT2D eigenvalue weighted by Crippen LogP contribution is 2.35. The normalized spacial score (nSPS) is 15.5. The molecule has 1 aliphatic heterocycles. The highest BCUT2D eigenvalue weighted by molar-refractivity contribution is 5.45. The molecule has 0 aromatic heterocycles. The molecule has 1 aliphatic rings. The topological polar surface area (TPSA) is 68.2 Å². The zero-order valence-electron chi connectivity index (χ0n) is 16.4. The maximum Gasteiger partial charge on any atom is 0.231 e. The number of hydrogen-bond donors (Lipinski definition) is 2. The van der Waals surface area contributed by atoms with Gasteiger partial charge in [0.2, 0.25) is 6.79 Å². The second-order valence-electron chi connectivity index (χ2n) is 7.23. The molecule has 0 unspecified atom stereocenters. The van der Waals surface area contributed by atoms with E-state index in [2.05, 4.69) is 11.8 Å². The molecule has 0 aliphatic carbocycles. The number of benzene rings is 2. The molecular formula is C23H26O5. The molecule has 0 spiro atoms. The Labute approximate surface area is 165 Å². The van der Waals surface area contributed by atoms with Crippen LogP contribution in [-0.4, -0.2) is 36.3 Å². The highest BCUT2D eigenvalue weighted by Gasteiger charge is 2.38. The molecule has 5 heteroatoms. The van der Waals surface area contributed by atoms with Gasteiger partial charge in [-0.2, -0.15) is 0 Å². The molecule has 0 fully saturated rings. The maximum atomic E-state index is 11.4. The predicted molar refractivity (Wildman–Crippen MR) is 107 cm³/mol. The third-order valence-corrected chi connectivity index (χ3v) is 5.14. The summed E-state index contributed by atoms with van der Waals surface area (Å²) in [7, 11) is 1.61. The molecule has 3 rings (SSSR count). The summed E-state index contributed by atoms with van der Waals surface area (Å²) in [4.78, 5) is 0. The van der Waals surface area contributed by atoms with Crippen molar-refractivity contribution < 1.29 is 24.4 Å². The van der Waals surface area contributed by atoms with Crippen LogP contribution in [-0.2, 0) is 6.42 Å². The number of fused-ring (bicyclic) bond motifs is 1. The molecule has 0 bridgehead atoms. The molecule has 28 heavy (non-hydrogen) atoms. The van der Waals surface area contributed by atoms with Crippen LogP contribution in [0.15, 0.2) is 42.5 Å². The van der Waals surface area contributed by atoms with Crippen LogP contribution in [0.5, 0.6) is 17.2 Å². The van der Waals surface area contributed by atoms with Gasteiger partial charge in [-0.05, 0) is 54.3 Å². The van der Waals surface area contributed by atoms with E-state index in [9.17, 15) is 10.2 Å². The molecule has 148 valence electrons. The zero-order chi connectivity index (χ0) is 20.1. The van der Waals surface area contributed by atoms with Crippen LogP contribution >= 0.6 is 0 Å². The lowest BCUT2D eigenvalue weighted by Crippen LogP contribution is -2.44. The molecule has 2 N–H and O–H groups in total. The van der Waals surface area contributed by atoms with Crippen molar-refractivity contribution in [3.05, 3.63) is 53.6 Å². The van der Waals surface area contributed by atoms with Crippen molar-refractivity contribution >= 4 is 0 Å². The second-order valence-corrected chi connectivity index (χ2v) is 7.23. The van der Waals surface area contributed by atoms with E-state index in [0.29, 0.717) is 17.9 Å². The molecule has 1 heterocycles. The Hall–Kier alpha value is -2.68. The summed E-state index contributed by atoms with van der Waals surface area (Å²) in [6.45, 7) is 3.85. The van der Waals surface area contributed by atoms with Crippen LogP contribution in [0.4, 0.5) is 0 Å².